The molecule has 0 amide bonds. The molecule has 0 spiro atoms. The molecule has 2 aromatic rings. The van der Waals surface area contributed by atoms with Crippen molar-refractivity contribution >= 4 is 33.3 Å². The molecule has 0 aliphatic carbocycles. The average molecular weight is 326 g/mol. The fourth-order valence-corrected chi connectivity index (χ4v) is 2.36. The third-order valence-corrected chi connectivity index (χ3v) is 3.49. The van der Waals surface area contributed by atoms with Crippen LogP contribution in [0.15, 0.2) is 47.1 Å². The van der Waals surface area contributed by atoms with Crippen molar-refractivity contribution in [2.75, 3.05) is 11.9 Å². The number of halogens is 2. The molecule has 2 rings (SSSR count). The van der Waals surface area contributed by atoms with Crippen LogP contribution >= 0.6 is 27.5 Å². The molecule has 1 atom stereocenters. The second kappa shape index (κ2) is 6.21. The molecule has 0 fully saturated rings. The van der Waals surface area contributed by atoms with Crippen molar-refractivity contribution in [2.24, 2.45) is 0 Å². The molecular weight excluding hydrogens is 312 g/mol. The van der Waals surface area contributed by atoms with Crippen LogP contribution in [0.1, 0.15) is 16.5 Å². The first-order chi connectivity index (χ1) is 8.66. The minimum Gasteiger partial charge on any atom is -0.368 e. The van der Waals surface area contributed by atoms with E-state index in [-0.39, 0.29) is 5.38 Å². The van der Waals surface area contributed by atoms with Gasteiger partial charge in [0.05, 0.1) is 5.38 Å². The van der Waals surface area contributed by atoms with Gasteiger partial charge in [0.2, 0.25) is 0 Å². The smallest absolute Gasteiger partial charge is 0.128 e. The predicted octanol–water partition coefficient (Wildman–Crippen LogP) is 4.54. The maximum absolute atomic E-state index is 6.34. The van der Waals surface area contributed by atoms with E-state index in [9.17, 15) is 0 Å². The van der Waals surface area contributed by atoms with E-state index in [1.807, 2.05) is 43.3 Å². The van der Waals surface area contributed by atoms with E-state index in [1.165, 1.54) is 0 Å². The van der Waals surface area contributed by atoms with E-state index in [4.69, 9.17) is 11.6 Å². The van der Waals surface area contributed by atoms with E-state index in [2.05, 4.69) is 26.2 Å². The standard InChI is InChI=1S/C14H14BrClN2/c1-10-7-12(15)8-17-14(10)18-9-13(16)11-5-3-2-4-6-11/h2-8,13H,9H2,1H3,(H,17,18). The zero-order chi connectivity index (χ0) is 13.0. The number of alkyl halides is 1. The van der Waals surface area contributed by atoms with Gasteiger partial charge >= 0.3 is 0 Å². The first kappa shape index (κ1) is 13.4. The number of benzene rings is 1. The number of aryl methyl sites for hydroxylation is 1. The summed E-state index contributed by atoms with van der Waals surface area (Å²) in [4.78, 5) is 4.33. The highest BCUT2D eigenvalue weighted by molar-refractivity contribution is 9.10. The summed E-state index contributed by atoms with van der Waals surface area (Å²) in [5.74, 6) is 0.875. The molecule has 0 saturated carbocycles. The van der Waals surface area contributed by atoms with Crippen molar-refractivity contribution in [1.29, 1.82) is 0 Å². The van der Waals surface area contributed by atoms with Crippen LogP contribution in [0.5, 0.6) is 0 Å². The van der Waals surface area contributed by atoms with Gasteiger partial charge in [-0.15, -0.1) is 11.6 Å². The Kier molecular flexibility index (Phi) is 4.61. The highest BCUT2D eigenvalue weighted by Crippen LogP contribution is 2.22. The first-order valence-electron chi connectivity index (χ1n) is 5.72. The molecule has 1 aromatic carbocycles. The van der Waals surface area contributed by atoms with Crippen molar-refractivity contribution in [3.63, 3.8) is 0 Å². The third kappa shape index (κ3) is 3.47. The van der Waals surface area contributed by atoms with E-state index >= 15 is 0 Å². The van der Waals surface area contributed by atoms with Crippen LogP contribution in [-0.2, 0) is 0 Å². The summed E-state index contributed by atoms with van der Waals surface area (Å²) < 4.78 is 0.982. The van der Waals surface area contributed by atoms with Gasteiger partial charge < -0.3 is 5.32 Å². The maximum Gasteiger partial charge on any atom is 0.128 e. The molecule has 0 saturated heterocycles. The van der Waals surface area contributed by atoms with Gasteiger partial charge in [0.15, 0.2) is 0 Å². The molecule has 1 N–H and O–H groups in total. The molecule has 1 unspecified atom stereocenters. The van der Waals surface area contributed by atoms with Crippen LogP contribution in [0.4, 0.5) is 5.82 Å². The predicted molar refractivity (Wildman–Crippen MR) is 80.2 cm³/mol. The number of hydrogen-bond acceptors (Lipinski definition) is 2. The lowest BCUT2D eigenvalue weighted by Gasteiger charge is -2.13. The number of hydrogen-bond donors (Lipinski definition) is 1. The summed E-state index contributed by atoms with van der Waals surface area (Å²) in [5.41, 5.74) is 2.21. The average Bonchev–Trinajstić information content (AvgIpc) is 2.38. The Morgan fingerprint density at radius 2 is 2.06 bits per heavy atom. The summed E-state index contributed by atoms with van der Waals surface area (Å²) >= 11 is 9.74. The Hall–Kier alpha value is -1.06. The zero-order valence-electron chi connectivity index (χ0n) is 10.0. The molecule has 0 bridgehead atoms. The number of nitrogens with zero attached hydrogens (tertiary/aromatic N) is 1. The van der Waals surface area contributed by atoms with Crippen LogP contribution in [0.25, 0.3) is 0 Å². The van der Waals surface area contributed by atoms with Crippen LogP contribution in [-0.4, -0.2) is 11.5 Å². The van der Waals surface area contributed by atoms with Gasteiger partial charge in [-0.2, -0.15) is 0 Å². The summed E-state index contributed by atoms with van der Waals surface area (Å²) in [7, 11) is 0. The van der Waals surface area contributed by atoms with Crippen LogP contribution < -0.4 is 5.32 Å². The fraction of sp³-hybridized carbons (Fsp3) is 0.214. The second-order valence-corrected chi connectivity index (χ2v) is 5.52. The lowest BCUT2D eigenvalue weighted by Crippen LogP contribution is -2.10. The van der Waals surface area contributed by atoms with E-state index in [0.29, 0.717) is 6.54 Å². The van der Waals surface area contributed by atoms with Crippen LogP contribution in [0.3, 0.4) is 0 Å². The highest BCUT2D eigenvalue weighted by Gasteiger charge is 2.08. The first-order valence-corrected chi connectivity index (χ1v) is 6.95. The summed E-state index contributed by atoms with van der Waals surface area (Å²) in [6.07, 6.45) is 1.78. The van der Waals surface area contributed by atoms with E-state index in [0.717, 1.165) is 21.4 Å². The number of aromatic nitrogens is 1. The van der Waals surface area contributed by atoms with Crippen molar-refractivity contribution in [1.82, 2.24) is 4.98 Å². The quantitative estimate of drug-likeness (QED) is 0.835. The molecule has 0 aliphatic heterocycles. The molecule has 2 nitrogen and oxygen atoms in total. The number of anilines is 1. The molecule has 1 aromatic heterocycles. The molecule has 0 aliphatic rings. The molecule has 18 heavy (non-hydrogen) atoms. The van der Waals surface area contributed by atoms with Gasteiger partial charge in [-0.3, -0.25) is 0 Å². The van der Waals surface area contributed by atoms with Crippen molar-refractivity contribution < 1.29 is 0 Å². The largest absolute Gasteiger partial charge is 0.368 e. The molecule has 94 valence electrons. The molecule has 1 heterocycles. The summed E-state index contributed by atoms with van der Waals surface area (Å²) in [5, 5.41) is 3.22. The van der Waals surface area contributed by atoms with Crippen molar-refractivity contribution in [3.8, 4) is 0 Å². The Labute approximate surface area is 121 Å². The number of pyridine rings is 1. The van der Waals surface area contributed by atoms with Gasteiger partial charge in [0.25, 0.3) is 0 Å². The van der Waals surface area contributed by atoms with Gasteiger partial charge in [-0.05, 0) is 40.0 Å². The van der Waals surface area contributed by atoms with Crippen LogP contribution in [0, 0.1) is 6.92 Å². The molecule has 4 heteroatoms. The second-order valence-electron chi connectivity index (χ2n) is 4.08. The number of nitrogens with one attached hydrogen (secondary N) is 1. The highest BCUT2D eigenvalue weighted by atomic mass is 79.9. The van der Waals surface area contributed by atoms with Gasteiger partial charge in [0, 0.05) is 17.2 Å². The zero-order valence-corrected chi connectivity index (χ0v) is 12.4. The normalized spacial score (nSPS) is 12.2. The lowest BCUT2D eigenvalue weighted by molar-refractivity contribution is 0.963. The van der Waals surface area contributed by atoms with Crippen molar-refractivity contribution in [2.45, 2.75) is 12.3 Å². The fourth-order valence-electron chi connectivity index (χ4n) is 1.69. The summed E-state index contributed by atoms with van der Waals surface area (Å²) in [6, 6.07) is 12.1. The maximum atomic E-state index is 6.34. The molecule has 0 radical (unpaired) electrons. The SMILES string of the molecule is Cc1cc(Br)cnc1NCC(Cl)c1ccccc1. The Balaban J connectivity index is 1.99. The van der Waals surface area contributed by atoms with E-state index < -0.39 is 0 Å². The van der Waals surface area contributed by atoms with Gasteiger partial charge in [0.1, 0.15) is 5.82 Å². The van der Waals surface area contributed by atoms with Crippen LogP contribution in [0.2, 0.25) is 0 Å². The number of rotatable bonds is 4. The van der Waals surface area contributed by atoms with E-state index in [1.54, 1.807) is 6.20 Å². The topological polar surface area (TPSA) is 24.9 Å². The van der Waals surface area contributed by atoms with Gasteiger partial charge in [-0.25, -0.2) is 4.98 Å². The Bertz CT molecular complexity index is 516. The minimum atomic E-state index is -0.0592. The summed E-state index contributed by atoms with van der Waals surface area (Å²) in [6.45, 7) is 2.67. The lowest BCUT2D eigenvalue weighted by atomic mass is 10.1. The third-order valence-electron chi connectivity index (χ3n) is 2.65. The van der Waals surface area contributed by atoms with Gasteiger partial charge in [-0.1, -0.05) is 30.3 Å². The monoisotopic (exact) mass is 324 g/mol. The Morgan fingerprint density at radius 3 is 2.72 bits per heavy atom. The molecular formula is C14H14BrClN2. The van der Waals surface area contributed by atoms with Crippen molar-refractivity contribution in [3.05, 3.63) is 58.2 Å². The Morgan fingerprint density at radius 1 is 1.33 bits per heavy atom. The minimum absolute atomic E-state index is 0.0592.